The third kappa shape index (κ3) is 7.81. The quantitative estimate of drug-likeness (QED) is 0.495. The number of rotatable bonds is 10. The average molecular weight is 468 g/mol. The van der Waals surface area contributed by atoms with Crippen molar-refractivity contribution in [1.82, 2.24) is 20.1 Å². The molecule has 1 atom stereocenters. The monoisotopic (exact) mass is 467 g/mol. The number of hydrogen-bond donors (Lipinski definition) is 3. The van der Waals surface area contributed by atoms with Crippen LogP contribution in [0.15, 0.2) is 42.6 Å². The van der Waals surface area contributed by atoms with Crippen molar-refractivity contribution in [3.8, 4) is 0 Å². The number of carbonyl (C=O) groups is 2. The molecule has 1 saturated heterocycles. The van der Waals surface area contributed by atoms with Gasteiger partial charge >= 0.3 is 0 Å². The minimum Gasteiger partial charge on any atom is -0.390 e. The van der Waals surface area contributed by atoms with Gasteiger partial charge in [-0.05, 0) is 56.5 Å². The van der Waals surface area contributed by atoms with E-state index in [1.165, 1.54) is 11.1 Å². The summed E-state index contributed by atoms with van der Waals surface area (Å²) >= 11 is 0. The highest BCUT2D eigenvalue weighted by Gasteiger charge is 2.21. The van der Waals surface area contributed by atoms with Crippen LogP contribution >= 0.6 is 0 Å². The molecule has 2 heterocycles. The molecule has 3 rings (SSSR count). The number of carbonyl (C=O) groups excluding carboxylic acids is 2. The SMILES string of the molecule is CC(=O)N1CCC(Nc2cc(C(=O)NC[C@H](O)CN(C)CCc3ccccc3C)ccn2)CC1. The topological polar surface area (TPSA) is 97.8 Å². The first-order valence-corrected chi connectivity index (χ1v) is 12.0. The minimum absolute atomic E-state index is 0.106. The molecular weight excluding hydrogens is 430 g/mol. The highest BCUT2D eigenvalue weighted by molar-refractivity contribution is 5.94. The number of pyridine rings is 1. The van der Waals surface area contributed by atoms with Crippen molar-refractivity contribution in [1.29, 1.82) is 0 Å². The number of nitrogens with one attached hydrogen (secondary N) is 2. The first-order chi connectivity index (χ1) is 16.3. The standard InChI is InChI=1S/C26H37N5O3/c1-19-6-4-5-7-21(19)9-13-30(3)18-24(33)17-28-26(34)22-8-12-27-25(16-22)29-23-10-14-31(15-11-23)20(2)32/h4-8,12,16,23-24,33H,9-11,13-15,17-18H2,1-3H3,(H,27,29)(H,28,34)/t24-/m0/s1. The number of benzene rings is 1. The Kier molecular flexibility index (Phi) is 9.42. The Morgan fingerprint density at radius 2 is 1.97 bits per heavy atom. The second-order valence-corrected chi connectivity index (χ2v) is 9.16. The Hall–Kier alpha value is -2.97. The zero-order chi connectivity index (χ0) is 24.5. The molecule has 0 aliphatic carbocycles. The van der Waals surface area contributed by atoms with E-state index >= 15 is 0 Å². The van der Waals surface area contributed by atoms with Crippen molar-refractivity contribution in [2.24, 2.45) is 0 Å². The lowest BCUT2D eigenvalue weighted by atomic mass is 10.0. The smallest absolute Gasteiger partial charge is 0.251 e. The molecule has 0 bridgehead atoms. The van der Waals surface area contributed by atoms with Gasteiger partial charge in [-0.3, -0.25) is 9.59 Å². The van der Waals surface area contributed by atoms with E-state index in [1.54, 1.807) is 25.3 Å². The molecule has 0 unspecified atom stereocenters. The Bertz CT molecular complexity index is 959. The first-order valence-electron chi connectivity index (χ1n) is 12.0. The lowest BCUT2D eigenvalue weighted by Gasteiger charge is -2.32. The van der Waals surface area contributed by atoms with E-state index < -0.39 is 6.10 Å². The minimum atomic E-state index is -0.656. The fraction of sp³-hybridized carbons (Fsp3) is 0.500. The number of aryl methyl sites for hydroxylation is 1. The molecule has 184 valence electrons. The van der Waals surface area contributed by atoms with Crippen molar-refractivity contribution < 1.29 is 14.7 Å². The molecule has 2 aromatic rings. The van der Waals surface area contributed by atoms with Gasteiger partial charge in [0.2, 0.25) is 5.91 Å². The maximum absolute atomic E-state index is 12.6. The van der Waals surface area contributed by atoms with Crippen molar-refractivity contribution in [3.05, 3.63) is 59.3 Å². The second kappa shape index (κ2) is 12.5. The molecule has 0 radical (unpaired) electrons. The van der Waals surface area contributed by atoms with Gasteiger partial charge in [0, 0.05) is 57.4 Å². The van der Waals surface area contributed by atoms with E-state index in [2.05, 4.69) is 39.6 Å². The zero-order valence-corrected chi connectivity index (χ0v) is 20.5. The van der Waals surface area contributed by atoms with Gasteiger partial charge in [0.1, 0.15) is 5.82 Å². The van der Waals surface area contributed by atoms with Crippen LogP contribution in [-0.4, -0.2) is 83.6 Å². The van der Waals surface area contributed by atoms with Crippen molar-refractivity contribution in [3.63, 3.8) is 0 Å². The fourth-order valence-corrected chi connectivity index (χ4v) is 4.23. The molecule has 0 spiro atoms. The number of nitrogens with zero attached hydrogens (tertiary/aromatic N) is 3. The van der Waals surface area contributed by atoms with Gasteiger partial charge in [-0.15, -0.1) is 0 Å². The number of likely N-dealkylation sites (tertiary alicyclic amines) is 1. The molecular formula is C26H37N5O3. The van der Waals surface area contributed by atoms with E-state index in [-0.39, 0.29) is 24.4 Å². The Morgan fingerprint density at radius 1 is 1.24 bits per heavy atom. The normalized spacial score (nSPS) is 15.3. The maximum atomic E-state index is 12.6. The van der Waals surface area contributed by atoms with Crippen LogP contribution in [0.3, 0.4) is 0 Å². The van der Waals surface area contributed by atoms with Crippen molar-refractivity contribution >= 4 is 17.6 Å². The largest absolute Gasteiger partial charge is 0.390 e. The lowest BCUT2D eigenvalue weighted by molar-refractivity contribution is -0.129. The van der Waals surface area contributed by atoms with Gasteiger partial charge in [-0.2, -0.15) is 0 Å². The summed E-state index contributed by atoms with van der Waals surface area (Å²) < 4.78 is 0. The van der Waals surface area contributed by atoms with Gasteiger partial charge in [0.15, 0.2) is 0 Å². The van der Waals surface area contributed by atoms with E-state index in [0.717, 1.165) is 38.9 Å². The molecule has 1 aromatic heterocycles. The van der Waals surface area contributed by atoms with Crippen LogP contribution in [0.5, 0.6) is 0 Å². The third-order valence-electron chi connectivity index (χ3n) is 6.36. The van der Waals surface area contributed by atoms with Crippen LogP contribution in [0.4, 0.5) is 5.82 Å². The van der Waals surface area contributed by atoms with E-state index in [9.17, 15) is 14.7 Å². The molecule has 1 fully saturated rings. The van der Waals surface area contributed by atoms with Crippen LogP contribution in [0.2, 0.25) is 0 Å². The van der Waals surface area contributed by atoms with Gasteiger partial charge in [-0.25, -0.2) is 4.98 Å². The van der Waals surface area contributed by atoms with Crippen LogP contribution in [0.25, 0.3) is 0 Å². The van der Waals surface area contributed by atoms with E-state index in [0.29, 0.717) is 17.9 Å². The molecule has 34 heavy (non-hydrogen) atoms. The van der Waals surface area contributed by atoms with Crippen molar-refractivity contribution in [2.75, 3.05) is 45.1 Å². The molecule has 0 saturated carbocycles. The van der Waals surface area contributed by atoms with Crippen molar-refractivity contribution in [2.45, 2.75) is 45.3 Å². The number of hydrogen-bond acceptors (Lipinski definition) is 6. The van der Waals surface area contributed by atoms with E-state index in [4.69, 9.17) is 0 Å². The summed E-state index contributed by atoms with van der Waals surface area (Å²) in [6.07, 6.45) is 3.57. The summed E-state index contributed by atoms with van der Waals surface area (Å²) in [7, 11) is 1.98. The van der Waals surface area contributed by atoms with Crippen LogP contribution in [0, 0.1) is 6.92 Å². The summed E-state index contributed by atoms with van der Waals surface area (Å²) in [6.45, 7) is 6.65. The second-order valence-electron chi connectivity index (χ2n) is 9.16. The summed E-state index contributed by atoms with van der Waals surface area (Å²) in [5, 5.41) is 16.6. The van der Waals surface area contributed by atoms with Gasteiger partial charge in [0.25, 0.3) is 5.91 Å². The Morgan fingerprint density at radius 3 is 2.68 bits per heavy atom. The number of piperidine rings is 1. The number of likely N-dealkylation sites (N-methyl/N-ethyl adjacent to an activating group) is 1. The van der Waals surface area contributed by atoms with Gasteiger partial charge < -0.3 is 25.5 Å². The maximum Gasteiger partial charge on any atom is 0.251 e. The number of aliphatic hydroxyl groups excluding tert-OH is 1. The Labute approximate surface area is 202 Å². The Balaban J connectivity index is 1.41. The molecule has 1 aromatic carbocycles. The van der Waals surface area contributed by atoms with Gasteiger partial charge in [-0.1, -0.05) is 24.3 Å². The molecule has 8 nitrogen and oxygen atoms in total. The number of anilines is 1. The third-order valence-corrected chi connectivity index (χ3v) is 6.36. The molecule has 8 heteroatoms. The summed E-state index contributed by atoms with van der Waals surface area (Å²) in [5.74, 6) is 0.513. The zero-order valence-electron chi connectivity index (χ0n) is 20.5. The number of amides is 2. The summed E-state index contributed by atoms with van der Waals surface area (Å²) in [4.78, 5) is 32.3. The number of aliphatic hydroxyl groups is 1. The highest BCUT2D eigenvalue weighted by Crippen LogP contribution is 2.16. The summed E-state index contributed by atoms with van der Waals surface area (Å²) in [5.41, 5.74) is 3.08. The first kappa shape index (κ1) is 25.6. The predicted molar refractivity (Wildman–Crippen MR) is 134 cm³/mol. The predicted octanol–water partition coefficient (Wildman–Crippen LogP) is 2.08. The van der Waals surface area contributed by atoms with Crippen LogP contribution in [0.1, 0.15) is 41.3 Å². The highest BCUT2D eigenvalue weighted by atomic mass is 16.3. The molecule has 1 aliphatic rings. The molecule has 1 aliphatic heterocycles. The summed E-state index contributed by atoms with van der Waals surface area (Å²) in [6, 6.07) is 11.9. The average Bonchev–Trinajstić information content (AvgIpc) is 2.82. The molecule has 2 amide bonds. The van der Waals surface area contributed by atoms with Crippen LogP contribution < -0.4 is 10.6 Å². The van der Waals surface area contributed by atoms with Gasteiger partial charge in [0.05, 0.1) is 6.10 Å². The fourth-order valence-electron chi connectivity index (χ4n) is 4.23. The van der Waals surface area contributed by atoms with E-state index in [1.807, 2.05) is 24.1 Å². The molecule has 3 N–H and O–H groups in total. The number of aromatic nitrogens is 1. The van der Waals surface area contributed by atoms with Crippen LogP contribution in [-0.2, 0) is 11.2 Å². The lowest BCUT2D eigenvalue weighted by Crippen LogP contribution is -2.41.